The van der Waals surface area contributed by atoms with E-state index in [1.807, 2.05) is 12.1 Å². The summed E-state index contributed by atoms with van der Waals surface area (Å²) in [7, 11) is 5.27. The van der Waals surface area contributed by atoms with E-state index in [9.17, 15) is 34.2 Å². The standard InChI is InChI=1S/C35H42N4O7/c1-33-16-22-21(20-8-6-19(7-9-20)17-39-14-12-38(5)13-15-39)10-11-23(40)24(22)27(41)26(33)31(44)35(46)30(43)25(32(36)45)28(42)29(37(3)4)34(35,2)18-33/h6-11,25-26,29,40,46H,12-18H2,1-5H3,(H2,36,45)/t25?,26?,29-,33+,34+,35-/m1/s1. The lowest BCUT2D eigenvalue weighted by atomic mass is 9.42. The molecule has 6 rings (SSSR count). The Kier molecular flexibility index (Phi) is 7.63. The normalized spacial score (nSPS) is 33.5. The molecule has 2 aromatic carbocycles. The van der Waals surface area contributed by atoms with Crippen LogP contribution in [0.25, 0.3) is 11.1 Å². The van der Waals surface area contributed by atoms with Gasteiger partial charge in [-0.1, -0.05) is 44.2 Å². The van der Waals surface area contributed by atoms with Crippen LogP contribution in [0.3, 0.4) is 0 Å². The number of aliphatic hydroxyl groups is 1. The van der Waals surface area contributed by atoms with Crippen molar-refractivity contribution >= 4 is 29.0 Å². The van der Waals surface area contributed by atoms with E-state index in [0.717, 1.165) is 49.4 Å². The molecule has 4 N–H and O–H groups in total. The van der Waals surface area contributed by atoms with Gasteiger partial charge >= 0.3 is 0 Å². The van der Waals surface area contributed by atoms with Crippen molar-refractivity contribution in [2.24, 2.45) is 28.4 Å². The van der Waals surface area contributed by atoms with Crippen molar-refractivity contribution in [3.05, 3.63) is 53.1 Å². The first-order valence-electron chi connectivity index (χ1n) is 15.7. The first kappa shape index (κ1) is 32.2. The van der Waals surface area contributed by atoms with Crippen LogP contribution in [0.15, 0.2) is 36.4 Å². The van der Waals surface area contributed by atoms with Crippen molar-refractivity contribution in [2.45, 2.75) is 44.9 Å². The van der Waals surface area contributed by atoms with Crippen LogP contribution < -0.4 is 5.73 Å². The number of phenolic OH excluding ortho intramolecular Hbond substituents is 1. The molecule has 244 valence electrons. The summed E-state index contributed by atoms with van der Waals surface area (Å²) in [5.74, 6) is -8.88. The Morgan fingerprint density at radius 2 is 1.61 bits per heavy atom. The number of phenols is 1. The number of Topliss-reactive ketones (excluding diaryl/α,β-unsaturated/α-hetero) is 4. The lowest BCUT2D eigenvalue weighted by molar-refractivity contribution is -0.203. The SMILES string of the molecule is CN1CCN(Cc2ccc(-c3ccc(O)c4c3C[C@@]3(C)C[C@@]5(C)[C@H](N(C)C)C(=O)C(C(N)=O)C(=O)[C@@]5(O)C(=O)C3C4=O)cc2)CC1. The van der Waals surface area contributed by atoms with Gasteiger partial charge in [0.1, 0.15) is 5.75 Å². The van der Waals surface area contributed by atoms with Crippen LogP contribution in [-0.2, 0) is 32.1 Å². The van der Waals surface area contributed by atoms with Gasteiger partial charge in [0.05, 0.1) is 17.5 Å². The molecule has 0 bridgehead atoms. The van der Waals surface area contributed by atoms with Gasteiger partial charge in [0.25, 0.3) is 0 Å². The third-order valence-corrected chi connectivity index (χ3v) is 11.1. The predicted octanol–water partition coefficient (Wildman–Crippen LogP) is 1.06. The second kappa shape index (κ2) is 10.9. The van der Waals surface area contributed by atoms with Crippen molar-refractivity contribution in [2.75, 3.05) is 47.3 Å². The smallest absolute Gasteiger partial charge is 0.235 e. The van der Waals surface area contributed by atoms with Crippen molar-refractivity contribution in [1.82, 2.24) is 14.7 Å². The summed E-state index contributed by atoms with van der Waals surface area (Å²) >= 11 is 0. The maximum atomic E-state index is 14.4. The molecule has 11 heteroatoms. The number of primary amides is 1. The molecule has 1 amide bonds. The minimum atomic E-state index is -2.82. The fraction of sp³-hybridized carbons (Fsp3) is 0.514. The number of carbonyl (C=O) groups is 5. The van der Waals surface area contributed by atoms with Crippen molar-refractivity contribution in [3.63, 3.8) is 0 Å². The van der Waals surface area contributed by atoms with Gasteiger partial charge in [-0.05, 0) is 67.7 Å². The highest BCUT2D eigenvalue weighted by Gasteiger charge is 2.76. The topological polar surface area (TPSA) is 162 Å². The fourth-order valence-corrected chi connectivity index (χ4v) is 9.04. The van der Waals surface area contributed by atoms with E-state index in [0.29, 0.717) is 5.56 Å². The molecule has 1 heterocycles. The maximum Gasteiger partial charge on any atom is 0.235 e. The number of nitrogens with two attached hydrogens (primary N) is 1. The van der Waals surface area contributed by atoms with Gasteiger partial charge in [-0.15, -0.1) is 0 Å². The number of likely N-dealkylation sites (N-methyl/N-ethyl adjacent to an activating group) is 2. The Morgan fingerprint density at radius 1 is 0.978 bits per heavy atom. The Labute approximate surface area is 268 Å². The molecular weight excluding hydrogens is 588 g/mol. The van der Waals surface area contributed by atoms with Crippen molar-refractivity contribution < 1.29 is 34.2 Å². The van der Waals surface area contributed by atoms with E-state index in [1.165, 1.54) is 17.9 Å². The number of aromatic hydroxyl groups is 1. The third-order valence-electron chi connectivity index (χ3n) is 11.1. The Morgan fingerprint density at radius 3 is 2.20 bits per heavy atom. The van der Waals surface area contributed by atoms with Crippen LogP contribution in [0, 0.1) is 22.7 Å². The quantitative estimate of drug-likeness (QED) is 0.408. The van der Waals surface area contributed by atoms with Gasteiger partial charge in [-0.3, -0.25) is 33.8 Å². The first-order chi connectivity index (χ1) is 21.5. The second-order valence-corrected chi connectivity index (χ2v) is 14.5. The highest BCUT2D eigenvalue weighted by molar-refractivity contribution is 6.33. The molecule has 1 saturated heterocycles. The third kappa shape index (κ3) is 4.51. The van der Waals surface area contributed by atoms with Gasteiger partial charge in [0.2, 0.25) is 5.91 Å². The zero-order chi connectivity index (χ0) is 33.5. The number of nitrogens with zero attached hydrogens (tertiary/aromatic N) is 3. The van der Waals surface area contributed by atoms with E-state index >= 15 is 0 Å². The Balaban J connectivity index is 1.42. The summed E-state index contributed by atoms with van der Waals surface area (Å²) in [6, 6.07) is 10.1. The van der Waals surface area contributed by atoms with Crippen LogP contribution in [0.2, 0.25) is 0 Å². The monoisotopic (exact) mass is 630 g/mol. The number of benzene rings is 2. The molecule has 4 aliphatic rings. The predicted molar refractivity (Wildman–Crippen MR) is 169 cm³/mol. The number of amides is 1. The highest BCUT2D eigenvalue weighted by atomic mass is 16.3. The van der Waals surface area contributed by atoms with Gasteiger partial charge < -0.3 is 20.8 Å². The molecule has 46 heavy (non-hydrogen) atoms. The van der Waals surface area contributed by atoms with E-state index in [4.69, 9.17) is 5.73 Å². The summed E-state index contributed by atoms with van der Waals surface area (Å²) in [6.07, 6.45) is 0.119. The molecule has 11 nitrogen and oxygen atoms in total. The summed E-state index contributed by atoms with van der Waals surface area (Å²) in [5, 5.41) is 23.1. The highest BCUT2D eigenvalue weighted by Crippen LogP contribution is 2.62. The molecule has 2 saturated carbocycles. The molecular formula is C35H42N4O7. The summed E-state index contributed by atoms with van der Waals surface area (Å²) in [5.41, 5.74) is 3.13. The summed E-state index contributed by atoms with van der Waals surface area (Å²) in [4.78, 5) is 74.6. The zero-order valence-electron chi connectivity index (χ0n) is 27.0. The van der Waals surface area contributed by atoms with Crippen molar-refractivity contribution in [3.8, 4) is 16.9 Å². The number of fused-ring (bicyclic) bond motifs is 3. The van der Waals surface area contributed by atoms with Crippen molar-refractivity contribution in [1.29, 1.82) is 0 Å². The second-order valence-electron chi connectivity index (χ2n) is 14.5. The van der Waals surface area contributed by atoms with E-state index in [1.54, 1.807) is 27.1 Å². The molecule has 0 radical (unpaired) electrons. The first-order valence-corrected chi connectivity index (χ1v) is 15.7. The average Bonchev–Trinajstić information content (AvgIpc) is 2.96. The van der Waals surface area contributed by atoms with Crippen LogP contribution in [0.1, 0.15) is 41.8 Å². The van der Waals surface area contributed by atoms with E-state index in [-0.39, 0.29) is 24.2 Å². The number of ketones is 4. The number of carbonyl (C=O) groups excluding carboxylic acids is 5. The minimum Gasteiger partial charge on any atom is -0.507 e. The molecule has 2 unspecified atom stereocenters. The molecule has 3 fully saturated rings. The van der Waals surface area contributed by atoms with Crippen LogP contribution in [0.5, 0.6) is 5.75 Å². The van der Waals surface area contributed by atoms with Gasteiger partial charge in [-0.25, -0.2) is 0 Å². The van der Waals surface area contributed by atoms with Crippen LogP contribution in [-0.4, -0.2) is 113 Å². The molecule has 3 aliphatic carbocycles. The van der Waals surface area contributed by atoms with Gasteiger partial charge in [-0.2, -0.15) is 0 Å². The molecule has 0 spiro atoms. The van der Waals surface area contributed by atoms with Crippen LogP contribution >= 0.6 is 0 Å². The Bertz CT molecular complexity index is 1660. The largest absolute Gasteiger partial charge is 0.507 e. The lowest BCUT2D eigenvalue weighted by Gasteiger charge is -2.61. The molecule has 0 aromatic heterocycles. The average molecular weight is 631 g/mol. The number of rotatable bonds is 5. The summed E-state index contributed by atoms with van der Waals surface area (Å²) < 4.78 is 0. The minimum absolute atomic E-state index is 0.0167. The Hall–Kier alpha value is -3.77. The number of hydrogen-bond donors (Lipinski definition) is 3. The van der Waals surface area contributed by atoms with Crippen LogP contribution in [0.4, 0.5) is 0 Å². The molecule has 6 atom stereocenters. The molecule has 1 aliphatic heterocycles. The van der Waals surface area contributed by atoms with E-state index < -0.39 is 63.3 Å². The van der Waals surface area contributed by atoms with Gasteiger partial charge in [0, 0.05) is 38.1 Å². The van der Waals surface area contributed by atoms with Gasteiger partial charge in [0.15, 0.2) is 34.7 Å². The fourth-order valence-electron chi connectivity index (χ4n) is 9.04. The lowest BCUT2D eigenvalue weighted by Crippen LogP contribution is -2.79. The number of hydrogen-bond acceptors (Lipinski definition) is 10. The molecule has 2 aromatic rings. The zero-order valence-corrected chi connectivity index (χ0v) is 27.0. The van der Waals surface area contributed by atoms with E-state index in [2.05, 4.69) is 29.0 Å². The summed E-state index contributed by atoms with van der Waals surface area (Å²) in [6.45, 7) is 8.12. The number of piperazine rings is 1. The maximum absolute atomic E-state index is 14.4.